The van der Waals surface area contributed by atoms with E-state index in [4.69, 9.17) is 0 Å². The highest BCUT2D eigenvalue weighted by atomic mass is 19.4. The third-order valence-electron chi connectivity index (χ3n) is 6.78. The molecule has 10 heteroatoms. The molecule has 2 N–H and O–H groups in total. The Labute approximate surface area is 198 Å². The van der Waals surface area contributed by atoms with E-state index in [2.05, 4.69) is 15.3 Å². The second kappa shape index (κ2) is 8.83. The molecule has 1 saturated heterocycles. The number of halogens is 3. The number of hydrogen-bond acceptors (Lipinski definition) is 4. The second-order valence-corrected chi connectivity index (χ2v) is 9.03. The molecule has 1 aliphatic carbocycles. The number of H-pyrrole nitrogens is 1. The Morgan fingerprint density at radius 3 is 2.31 bits per heavy atom. The maximum absolute atomic E-state index is 13.1. The van der Waals surface area contributed by atoms with Crippen molar-refractivity contribution < 1.29 is 27.6 Å². The molecule has 5 rings (SSSR count). The van der Waals surface area contributed by atoms with Crippen LogP contribution in [0.2, 0.25) is 0 Å². The molecule has 0 bridgehead atoms. The molecule has 3 aromatic rings. The van der Waals surface area contributed by atoms with Gasteiger partial charge in [0.05, 0.1) is 28.9 Å². The van der Waals surface area contributed by atoms with Gasteiger partial charge in [-0.25, -0.2) is 4.98 Å². The first-order chi connectivity index (χ1) is 16.7. The van der Waals surface area contributed by atoms with Gasteiger partial charge in [0.2, 0.25) is 23.5 Å². The normalized spacial score (nSPS) is 21.3. The highest BCUT2D eigenvalue weighted by Gasteiger charge is 2.48. The van der Waals surface area contributed by atoms with Gasteiger partial charge in [-0.1, -0.05) is 49.2 Å². The zero-order valence-corrected chi connectivity index (χ0v) is 18.6. The first-order valence-corrected chi connectivity index (χ1v) is 11.5. The van der Waals surface area contributed by atoms with E-state index < -0.39 is 30.5 Å². The number of imide groups is 1. The third-order valence-corrected chi connectivity index (χ3v) is 6.78. The number of aromatic nitrogens is 2. The van der Waals surface area contributed by atoms with Gasteiger partial charge in [-0.3, -0.25) is 19.3 Å². The Morgan fingerprint density at radius 1 is 1.03 bits per heavy atom. The first kappa shape index (κ1) is 23.1. The topological polar surface area (TPSA) is 95.2 Å². The van der Waals surface area contributed by atoms with Gasteiger partial charge in [0.25, 0.3) is 0 Å². The summed E-state index contributed by atoms with van der Waals surface area (Å²) in [4.78, 5) is 45.5. The Hall–Kier alpha value is -3.69. The van der Waals surface area contributed by atoms with E-state index in [9.17, 15) is 27.6 Å². The van der Waals surface area contributed by atoms with Gasteiger partial charge < -0.3 is 10.3 Å². The fraction of sp³-hybridized carbons (Fsp3) is 0.360. The molecular formula is C25H23F3N4O3. The Bertz CT molecular complexity index is 1260. The fourth-order valence-corrected chi connectivity index (χ4v) is 5.08. The van der Waals surface area contributed by atoms with Crippen LogP contribution >= 0.6 is 0 Å². The number of hydrogen-bond donors (Lipinski definition) is 2. The predicted molar refractivity (Wildman–Crippen MR) is 120 cm³/mol. The number of rotatable bonds is 5. The van der Waals surface area contributed by atoms with Crippen molar-refractivity contribution in [1.29, 1.82) is 0 Å². The van der Waals surface area contributed by atoms with Crippen molar-refractivity contribution in [2.75, 3.05) is 6.54 Å². The number of nitrogens with zero attached hydrogens (tertiary/aromatic N) is 2. The van der Waals surface area contributed by atoms with Crippen LogP contribution in [0.3, 0.4) is 0 Å². The van der Waals surface area contributed by atoms with Gasteiger partial charge in [0.15, 0.2) is 0 Å². The van der Waals surface area contributed by atoms with E-state index in [0.29, 0.717) is 24.0 Å². The van der Waals surface area contributed by atoms with Gasteiger partial charge in [0, 0.05) is 0 Å². The van der Waals surface area contributed by atoms with E-state index in [-0.39, 0.29) is 34.7 Å². The number of fused-ring (bicyclic) bond motifs is 2. The van der Waals surface area contributed by atoms with Crippen molar-refractivity contribution in [1.82, 2.24) is 20.2 Å². The van der Waals surface area contributed by atoms with Crippen molar-refractivity contribution in [3.8, 4) is 0 Å². The number of carbonyl (C=O) groups is 3. The minimum atomic E-state index is -4.61. The van der Waals surface area contributed by atoms with Gasteiger partial charge in [-0.2, -0.15) is 13.2 Å². The van der Waals surface area contributed by atoms with Crippen molar-refractivity contribution in [2.24, 2.45) is 11.8 Å². The number of imidazole rings is 1. The number of alkyl halides is 3. The molecule has 1 aliphatic heterocycles. The average molecular weight is 484 g/mol. The molecule has 0 spiro atoms. The van der Waals surface area contributed by atoms with Crippen molar-refractivity contribution in [3.63, 3.8) is 0 Å². The average Bonchev–Trinajstić information content (AvgIpc) is 3.38. The number of amides is 3. The van der Waals surface area contributed by atoms with E-state index in [1.807, 2.05) is 0 Å². The second-order valence-electron chi connectivity index (χ2n) is 9.03. The molecule has 2 aliphatic rings. The summed E-state index contributed by atoms with van der Waals surface area (Å²) in [5, 5.41) is 2.86. The quantitative estimate of drug-likeness (QED) is 0.536. The molecule has 0 unspecified atom stereocenters. The van der Waals surface area contributed by atoms with E-state index in [1.165, 1.54) is 12.1 Å². The summed E-state index contributed by atoms with van der Waals surface area (Å²) in [7, 11) is 0. The summed E-state index contributed by atoms with van der Waals surface area (Å²) in [6.45, 7) is -0.390. The van der Waals surface area contributed by atoms with Crippen LogP contribution in [-0.2, 0) is 20.6 Å². The molecule has 1 saturated carbocycles. The third kappa shape index (κ3) is 4.40. The monoisotopic (exact) mass is 484 g/mol. The van der Waals surface area contributed by atoms with E-state index in [0.717, 1.165) is 17.7 Å². The molecule has 0 radical (unpaired) electrons. The SMILES string of the molecule is O=C(CN1C(=O)[C@@H]2CCCC[C@H]2C1=O)N[C@H](c1ccccc1)c1ccc2nc(C(F)(F)F)[nH]c2c1. The summed E-state index contributed by atoms with van der Waals surface area (Å²) in [6, 6.07) is 12.8. The van der Waals surface area contributed by atoms with Gasteiger partial charge in [0.1, 0.15) is 6.54 Å². The Balaban J connectivity index is 1.41. The lowest BCUT2D eigenvalue weighted by Gasteiger charge is -2.22. The summed E-state index contributed by atoms with van der Waals surface area (Å²) in [6.07, 6.45) is -1.52. The lowest BCUT2D eigenvalue weighted by molar-refractivity contribution is -0.144. The molecule has 3 atom stereocenters. The number of nitrogens with one attached hydrogen (secondary N) is 2. The van der Waals surface area contributed by atoms with Crippen LogP contribution in [0.5, 0.6) is 0 Å². The first-order valence-electron chi connectivity index (χ1n) is 11.5. The molecule has 1 aromatic heterocycles. The molecular weight excluding hydrogens is 461 g/mol. The van der Waals surface area contributed by atoms with Gasteiger partial charge in [-0.05, 0) is 36.1 Å². The number of likely N-dealkylation sites (tertiary alicyclic amines) is 1. The smallest absolute Gasteiger partial charge is 0.344 e. The maximum Gasteiger partial charge on any atom is 0.449 e. The largest absolute Gasteiger partial charge is 0.449 e. The summed E-state index contributed by atoms with van der Waals surface area (Å²) < 4.78 is 39.2. The summed E-state index contributed by atoms with van der Waals surface area (Å²) >= 11 is 0. The standard InChI is InChI=1S/C25H23F3N4O3/c26-25(27,28)24-29-18-11-10-15(12-19(18)30-24)21(14-6-2-1-3-7-14)31-20(33)13-32-22(34)16-8-4-5-9-17(16)23(32)35/h1-3,6-7,10-12,16-17,21H,4-5,8-9,13H2,(H,29,30)(H,31,33)/t16-,17-,21-/m1/s1. The van der Waals surface area contributed by atoms with Crippen LogP contribution in [-0.4, -0.2) is 39.1 Å². The Morgan fingerprint density at radius 2 is 1.69 bits per heavy atom. The van der Waals surface area contributed by atoms with Crippen LogP contribution in [0.4, 0.5) is 13.2 Å². The maximum atomic E-state index is 13.1. The zero-order chi connectivity index (χ0) is 24.7. The molecule has 3 amide bonds. The van der Waals surface area contributed by atoms with Crippen molar-refractivity contribution >= 4 is 28.8 Å². The minimum Gasteiger partial charge on any atom is -0.344 e. The lowest BCUT2D eigenvalue weighted by atomic mass is 9.81. The molecule has 2 fully saturated rings. The molecule has 7 nitrogen and oxygen atoms in total. The highest BCUT2D eigenvalue weighted by molar-refractivity contribution is 6.07. The summed E-state index contributed by atoms with van der Waals surface area (Å²) in [5.74, 6) is -2.93. The van der Waals surface area contributed by atoms with Crippen LogP contribution in [0.25, 0.3) is 11.0 Å². The van der Waals surface area contributed by atoms with Crippen LogP contribution < -0.4 is 5.32 Å². The van der Waals surface area contributed by atoms with Crippen molar-refractivity contribution in [2.45, 2.75) is 37.9 Å². The lowest BCUT2D eigenvalue weighted by Crippen LogP contribution is -2.42. The van der Waals surface area contributed by atoms with Crippen LogP contribution in [0, 0.1) is 11.8 Å². The Kier molecular flexibility index (Phi) is 5.82. The predicted octanol–water partition coefficient (Wildman–Crippen LogP) is 3.96. The van der Waals surface area contributed by atoms with Gasteiger partial charge in [-0.15, -0.1) is 0 Å². The van der Waals surface area contributed by atoms with E-state index in [1.54, 1.807) is 36.4 Å². The summed E-state index contributed by atoms with van der Waals surface area (Å²) in [5.41, 5.74) is 1.56. The molecule has 182 valence electrons. The van der Waals surface area contributed by atoms with Crippen LogP contribution in [0.15, 0.2) is 48.5 Å². The van der Waals surface area contributed by atoms with Gasteiger partial charge >= 0.3 is 6.18 Å². The molecule has 2 heterocycles. The zero-order valence-electron chi connectivity index (χ0n) is 18.6. The molecule has 2 aromatic carbocycles. The van der Waals surface area contributed by atoms with Crippen LogP contribution in [0.1, 0.15) is 48.7 Å². The number of aromatic amines is 1. The molecule has 35 heavy (non-hydrogen) atoms. The minimum absolute atomic E-state index is 0.148. The number of carbonyl (C=O) groups excluding carboxylic acids is 3. The van der Waals surface area contributed by atoms with Crippen molar-refractivity contribution in [3.05, 3.63) is 65.5 Å². The van der Waals surface area contributed by atoms with E-state index >= 15 is 0 Å². The fourth-order valence-electron chi connectivity index (χ4n) is 5.08. The number of benzene rings is 2. The highest BCUT2D eigenvalue weighted by Crippen LogP contribution is 2.38.